The highest BCUT2D eigenvalue weighted by Gasteiger charge is 2.15. The Morgan fingerprint density at radius 2 is 1.89 bits per heavy atom. The van der Waals surface area contributed by atoms with E-state index in [0.29, 0.717) is 11.7 Å². The number of nitrogens with one attached hydrogen (secondary N) is 1. The van der Waals surface area contributed by atoms with Gasteiger partial charge in [0.25, 0.3) is 5.91 Å². The average Bonchev–Trinajstić information content (AvgIpc) is 3.30. The summed E-state index contributed by atoms with van der Waals surface area (Å²) >= 11 is 4.87. The van der Waals surface area contributed by atoms with Crippen molar-refractivity contribution >= 4 is 38.3 Å². The van der Waals surface area contributed by atoms with Crippen LogP contribution in [0.5, 0.6) is 0 Å². The fraction of sp³-hybridized carbons (Fsp3) is 0.100. The number of carbonyl (C=O) groups excluding carboxylic acids is 1. The molecule has 4 aromatic rings. The molecule has 2 aromatic heterocycles. The monoisotopic (exact) mass is 453 g/mol. The summed E-state index contributed by atoms with van der Waals surface area (Å²) in [6.07, 6.45) is 1.64. The van der Waals surface area contributed by atoms with Crippen molar-refractivity contribution in [2.24, 2.45) is 0 Å². The molecule has 2 heterocycles. The third kappa shape index (κ3) is 4.18. The van der Waals surface area contributed by atoms with Crippen LogP contribution < -0.4 is 5.32 Å². The standard InChI is InChI=1S/C20H16BrN5OS/c1-13-18(15-7-9-16(21)10-8-15)22-20(28-13)23-19(27)17-12-26(25-24-17)11-14-5-3-2-4-6-14/h2-10,12H,11H2,1H3,(H,22,23,27). The molecular weight excluding hydrogens is 438 g/mol. The Bertz CT molecular complexity index is 1110. The van der Waals surface area contributed by atoms with Crippen molar-refractivity contribution < 1.29 is 4.79 Å². The van der Waals surface area contributed by atoms with Gasteiger partial charge in [-0.25, -0.2) is 9.67 Å². The van der Waals surface area contributed by atoms with Crippen molar-refractivity contribution in [1.29, 1.82) is 0 Å². The minimum absolute atomic E-state index is 0.258. The summed E-state index contributed by atoms with van der Waals surface area (Å²) < 4.78 is 2.65. The fourth-order valence-electron chi connectivity index (χ4n) is 2.74. The average molecular weight is 454 g/mol. The predicted octanol–water partition coefficient (Wildman–Crippen LogP) is 4.77. The van der Waals surface area contributed by atoms with Gasteiger partial charge in [-0.05, 0) is 24.6 Å². The van der Waals surface area contributed by atoms with Crippen molar-refractivity contribution in [2.75, 3.05) is 5.32 Å². The van der Waals surface area contributed by atoms with Gasteiger partial charge in [0.2, 0.25) is 0 Å². The first-order valence-electron chi connectivity index (χ1n) is 8.57. The second-order valence-electron chi connectivity index (χ2n) is 6.17. The fourth-order valence-corrected chi connectivity index (χ4v) is 3.83. The molecule has 0 fully saturated rings. The Balaban J connectivity index is 1.47. The summed E-state index contributed by atoms with van der Waals surface area (Å²) in [6, 6.07) is 17.8. The minimum Gasteiger partial charge on any atom is -0.296 e. The Morgan fingerprint density at radius 1 is 1.14 bits per heavy atom. The summed E-state index contributed by atoms with van der Waals surface area (Å²) in [5.74, 6) is -0.324. The zero-order chi connectivity index (χ0) is 19.5. The van der Waals surface area contributed by atoms with Gasteiger partial charge in [-0.2, -0.15) is 0 Å². The van der Waals surface area contributed by atoms with E-state index in [0.717, 1.165) is 26.2 Å². The van der Waals surface area contributed by atoms with E-state index in [4.69, 9.17) is 0 Å². The van der Waals surface area contributed by atoms with E-state index >= 15 is 0 Å². The van der Waals surface area contributed by atoms with Gasteiger partial charge >= 0.3 is 0 Å². The number of thiazole rings is 1. The Kier molecular flexibility index (Phi) is 5.31. The lowest BCUT2D eigenvalue weighted by Crippen LogP contribution is -2.12. The zero-order valence-electron chi connectivity index (χ0n) is 15.0. The SMILES string of the molecule is Cc1sc(NC(=O)c2cn(Cc3ccccc3)nn2)nc1-c1ccc(Br)cc1. The molecule has 0 aliphatic heterocycles. The van der Waals surface area contributed by atoms with Crippen molar-refractivity contribution in [3.63, 3.8) is 0 Å². The lowest BCUT2D eigenvalue weighted by atomic mass is 10.1. The topological polar surface area (TPSA) is 72.7 Å². The lowest BCUT2D eigenvalue weighted by Gasteiger charge is -2.00. The Morgan fingerprint density at radius 3 is 2.64 bits per heavy atom. The van der Waals surface area contributed by atoms with E-state index in [1.807, 2.05) is 61.5 Å². The van der Waals surface area contributed by atoms with Gasteiger partial charge < -0.3 is 0 Å². The number of anilines is 1. The van der Waals surface area contributed by atoms with Crippen LogP contribution in [0.15, 0.2) is 65.3 Å². The highest BCUT2D eigenvalue weighted by atomic mass is 79.9. The van der Waals surface area contributed by atoms with Gasteiger partial charge in [-0.1, -0.05) is 63.6 Å². The molecule has 0 saturated carbocycles. The van der Waals surface area contributed by atoms with E-state index < -0.39 is 0 Å². The van der Waals surface area contributed by atoms with Gasteiger partial charge in [0, 0.05) is 14.9 Å². The number of nitrogens with zero attached hydrogens (tertiary/aromatic N) is 4. The van der Waals surface area contributed by atoms with E-state index in [9.17, 15) is 4.79 Å². The predicted molar refractivity (Wildman–Crippen MR) is 114 cm³/mol. The van der Waals surface area contributed by atoms with Crippen LogP contribution in [0, 0.1) is 6.92 Å². The summed E-state index contributed by atoms with van der Waals surface area (Å²) in [6.45, 7) is 2.55. The van der Waals surface area contributed by atoms with Crippen LogP contribution in [-0.4, -0.2) is 25.9 Å². The number of hydrogen-bond acceptors (Lipinski definition) is 5. The summed E-state index contributed by atoms with van der Waals surface area (Å²) in [5, 5.41) is 11.4. The Labute approximate surface area is 174 Å². The smallest absolute Gasteiger partial charge is 0.279 e. The van der Waals surface area contributed by atoms with Crippen LogP contribution in [0.25, 0.3) is 11.3 Å². The summed E-state index contributed by atoms with van der Waals surface area (Å²) in [5.41, 5.74) is 3.22. The summed E-state index contributed by atoms with van der Waals surface area (Å²) in [7, 11) is 0. The third-order valence-corrected chi connectivity index (χ3v) is 5.51. The van der Waals surface area contributed by atoms with Crippen LogP contribution in [0.3, 0.4) is 0 Å². The molecule has 0 aliphatic carbocycles. The second-order valence-corrected chi connectivity index (χ2v) is 8.29. The molecule has 0 radical (unpaired) electrons. The van der Waals surface area contributed by atoms with E-state index in [1.54, 1.807) is 10.9 Å². The van der Waals surface area contributed by atoms with Crippen molar-refractivity contribution in [3.8, 4) is 11.3 Å². The largest absolute Gasteiger partial charge is 0.296 e. The molecule has 0 bridgehead atoms. The normalized spacial score (nSPS) is 10.8. The zero-order valence-corrected chi connectivity index (χ0v) is 17.4. The first-order valence-corrected chi connectivity index (χ1v) is 10.2. The van der Waals surface area contributed by atoms with E-state index in [1.165, 1.54) is 11.3 Å². The number of aryl methyl sites for hydroxylation is 1. The van der Waals surface area contributed by atoms with Crippen LogP contribution >= 0.6 is 27.3 Å². The molecule has 28 heavy (non-hydrogen) atoms. The quantitative estimate of drug-likeness (QED) is 0.472. The molecule has 8 heteroatoms. The number of carbonyl (C=O) groups is 1. The summed E-state index contributed by atoms with van der Waals surface area (Å²) in [4.78, 5) is 18.1. The van der Waals surface area contributed by atoms with Crippen LogP contribution in [0.4, 0.5) is 5.13 Å². The van der Waals surface area contributed by atoms with Gasteiger partial charge in [-0.3, -0.25) is 10.1 Å². The molecule has 4 rings (SSSR count). The van der Waals surface area contributed by atoms with Crippen LogP contribution in [0.2, 0.25) is 0 Å². The number of rotatable bonds is 5. The molecule has 0 spiro atoms. The molecule has 140 valence electrons. The molecule has 0 aliphatic rings. The van der Waals surface area contributed by atoms with Gasteiger partial charge in [0.15, 0.2) is 10.8 Å². The highest BCUT2D eigenvalue weighted by molar-refractivity contribution is 9.10. The number of hydrogen-bond donors (Lipinski definition) is 1. The molecule has 2 aromatic carbocycles. The molecule has 1 amide bonds. The molecule has 0 atom stereocenters. The molecule has 6 nitrogen and oxygen atoms in total. The lowest BCUT2D eigenvalue weighted by molar-refractivity contribution is 0.102. The molecule has 0 unspecified atom stereocenters. The first kappa shape index (κ1) is 18.5. The number of aromatic nitrogens is 4. The van der Waals surface area contributed by atoms with Gasteiger partial charge in [0.05, 0.1) is 18.4 Å². The number of halogens is 1. The maximum Gasteiger partial charge on any atom is 0.279 e. The Hall–Kier alpha value is -2.84. The van der Waals surface area contributed by atoms with Crippen molar-refractivity contribution in [3.05, 3.63) is 81.4 Å². The number of amides is 1. The third-order valence-electron chi connectivity index (χ3n) is 4.09. The van der Waals surface area contributed by atoms with Crippen LogP contribution in [0.1, 0.15) is 20.9 Å². The van der Waals surface area contributed by atoms with Gasteiger partial charge in [-0.15, -0.1) is 16.4 Å². The molecule has 0 saturated heterocycles. The van der Waals surface area contributed by atoms with Crippen molar-refractivity contribution in [1.82, 2.24) is 20.0 Å². The van der Waals surface area contributed by atoms with Crippen LogP contribution in [-0.2, 0) is 6.54 Å². The highest BCUT2D eigenvalue weighted by Crippen LogP contribution is 2.31. The first-order chi connectivity index (χ1) is 13.6. The van der Waals surface area contributed by atoms with E-state index in [2.05, 4.69) is 36.5 Å². The molecular formula is C20H16BrN5OS. The maximum absolute atomic E-state index is 12.5. The van der Waals surface area contributed by atoms with Crippen molar-refractivity contribution in [2.45, 2.75) is 13.5 Å². The maximum atomic E-state index is 12.5. The second kappa shape index (κ2) is 8.04. The minimum atomic E-state index is -0.324. The molecule has 1 N–H and O–H groups in total. The van der Waals surface area contributed by atoms with E-state index in [-0.39, 0.29) is 11.6 Å². The van der Waals surface area contributed by atoms with Gasteiger partial charge in [0.1, 0.15) is 0 Å². The number of benzene rings is 2.